The molecule has 32 heavy (non-hydrogen) atoms. The number of carbonyl (C=O) groups excluding carboxylic acids is 2. The summed E-state index contributed by atoms with van der Waals surface area (Å²) < 4.78 is 5.68. The Kier molecular flexibility index (Phi) is 5.31. The van der Waals surface area contributed by atoms with Crippen molar-refractivity contribution in [3.05, 3.63) is 92.7 Å². The second kappa shape index (κ2) is 8.28. The summed E-state index contributed by atoms with van der Waals surface area (Å²) in [7, 11) is 0. The van der Waals surface area contributed by atoms with Crippen molar-refractivity contribution >= 4 is 28.8 Å². The fraction of sp³-hybridized carbons (Fsp3) is 0.231. The Balaban J connectivity index is 1.64. The van der Waals surface area contributed by atoms with Gasteiger partial charge in [0.25, 0.3) is 11.7 Å². The predicted molar refractivity (Wildman–Crippen MR) is 124 cm³/mol. The van der Waals surface area contributed by atoms with Gasteiger partial charge in [0.2, 0.25) is 0 Å². The maximum absolute atomic E-state index is 13.2. The van der Waals surface area contributed by atoms with E-state index in [4.69, 9.17) is 4.74 Å². The summed E-state index contributed by atoms with van der Waals surface area (Å²) in [6, 6.07) is 16.4. The van der Waals surface area contributed by atoms with Crippen LogP contribution in [-0.2, 0) is 22.6 Å². The molecule has 1 fully saturated rings. The first-order valence-corrected chi connectivity index (χ1v) is 11.5. The second-order valence-corrected chi connectivity index (χ2v) is 9.23. The van der Waals surface area contributed by atoms with Crippen LogP contribution in [0.5, 0.6) is 5.75 Å². The van der Waals surface area contributed by atoms with Gasteiger partial charge in [0, 0.05) is 10.4 Å². The highest BCUT2D eigenvalue weighted by molar-refractivity contribution is 7.09. The maximum atomic E-state index is 13.2. The van der Waals surface area contributed by atoms with Crippen LogP contribution in [0.15, 0.2) is 65.6 Å². The Morgan fingerprint density at radius 2 is 2.03 bits per heavy atom. The highest BCUT2D eigenvalue weighted by Gasteiger charge is 2.46. The number of carbonyl (C=O) groups is 2. The van der Waals surface area contributed by atoms with Gasteiger partial charge in [0.15, 0.2) is 0 Å². The van der Waals surface area contributed by atoms with Crippen LogP contribution in [-0.4, -0.2) is 28.3 Å². The van der Waals surface area contributed by atoms with Crippen LogP contribution in [0.1, 0.15) is 39.6 Å². The predicted octanol–water partition coefficient (Wildman–Crippen LogP) is 5.00. The molecule has 2 aliphatic heterocycles. The number of hydrogen-bond acceptors (Lipinski definition) is 5. The van der Waals surface area contributed by atoms with Gasteiger partial charge in [-0.3, -0.25) is 9.59 Å². The van der Waals surface area contributed by atoms with Gasteiger partial charge in [-0.2, -0.15) is 0 Å². The highest BCUT2D eigenvalue weighted by atomic mass is 32.1. The van der Waals surface area contributed by atoms with Crippen molar-refractivity contribution in [2.24, 2.45) is 0 Å². The van der Waals surface area contributed by atoms with E-state index in [0.717, 1.165) is 40.2 Å². The molecular formula is C26H23NO4S. The summed E-state index contributed by atoms with van der Waals surface area (Å²) in [6.07, 6.45) is 1.76. The van der Waals surface area contributed by atoms with E-state index in [1.165, 1.54) is 11.3 Å². The van der Waals surface area contributed by atoms with Crippen LogP contribution in [0, 0.1) is 6.92 Å². The monoisotopic (exact) mass is 445 g/mol. The average molecular weight is 446 g/mol. The molecule has 0 radical (unpaired) electrons. The van der Waals surface area contributed by atoms with Crippen molar-refractivity contribution in [1.29, 1.82) is 0 Å². The molecule has 1 atom stereocenters. The molecule has 2 aromatic carbocycles. The first-order valence-electron chi connectivity index (χ1n) is 10.7. The Labute approximate surface area is 190 Å². The Morgan fingerprint density at radius 3 is 2.81 bits per heavy atom. The summed E-state index contributed by atoms with van der Waals surface area (Å²) in [4.78, 5) is 28.8. The molecule has 3 aromatic rings. The summed E-state index contributed by atoms with van der Waals surface area (Å²) >= 11 is 1.54. The number of aryl methyl sites for hydroxylation is 2. The van der Waals surface area contributed by atoms with Gasteiger partial charge in [-0.1, -0.05) is 35.9 Å². The van der Waals surface area contributed by atoms with Gasteiger partial charge in [0.05, 0.1) is 24.8 Å². The summed E-state index contributed by atoms with van der Waals surface area (Å²) in [5.74, 6) is -0.578. The molecule has 162 valence electrons. The number of hydrogen-bond donors (Lipinski definition) is 1. The molecule has 1 saturated heterocycles. The van der Waals surface area contributed by atoms with Crippen LogP contribution in [0.3, 0.4) is 0 Å². The van der Waals surface area contributed by atoms with Crippen molar-refractivity contribution in [3.8, 4) is 5.75 Å². The average Bonchev–Trinajstić information content (AvgIpc) is 3.41. The standard InChI is InChI=1S/C26H23NO4S/c1-16-5-2-6-18(13-16)23-22(25(29)26(30)27(23)15-20-8-4-12-32-20)24(28)19-9-10-21-17(14-19)7-3-11-31-21/h2,4-6,8-10,12-14,23,28H,3,7,11,15H2,1H3/b24-22-. The van der Waals surface area contributed by atoms with Crippen molar-refractivity contribution in [1.82, 2.24) is 4.90 Å². The fourth-order valence-electron chi connectivity index (χ4n) is 4.46. The topological polar surface area (TPSA) is 66.8 Å². The molecule has 1 aromatic heterocycles. The Morgan fingerprint density at radius 1 is 1.16 bits per heavy atom. The number of nitrogens with zero attached hydrogens (tertiary/aromatic N) is 1. The smallest absolute Gasteiger partial charge is 0.295 e. The number of aliphatic hydroxyl groups is 1. The molecule has 0 aliphatic carbocycles. The number of ketones is 1. The third-order valence-corrected chi connectivity index (χ3v) is 6.85. The summed E-state index contributed by atoms with van der Waals surface area (Å²) in [5.41, 5.74) is 3.49. The van der Waals surface area contributed by atoms with Crippen LogP contribution in [0.2, 0.25) is 0 Å². The Bertz CT molecular complexity index is 1230. The van der Waals surface area contributed by atoms with Gasteiger partial charge < -0.3 is 14.7 Å². The lowest BCUT2D eigenvalue weighted by atomic mass is 9.93. The number of fused-ring (bicyclic) bond motifs is 1. The van der Waals surface area contributed by atoms with Gasteiger partial charge in [-0.05, 0) is 60.5 Å². The first kappa shape index (κ1) is 20.5. The maximum Gasteiger partial charge on any atom is 0.295 e. The van der Waals surface area contributed by atoms with Crippen molar-refractivity contribution in [3.63, 3.8) is 0 Å². The minimum Gasteiger partial charge on any atom is -0.507 e. The molecule has 0 saturated carbocycles. The molecule has 2 aliphatic rings. The zero-order chi connectivity index (χ0) is 22.2. The lowest BCUT2D eigenvalue weighted by Gasteiger charge is -2.25. The zero-order valence-corrected chi connectivity index (χ0v) is 18.5. The molecular weight excluding hydrogens is 422 g/mol. The third kappa shape index (κ3) is 3.60. The van der Waals surface area contributed by atoms with E-state index >= 15 is 0 Å². The number of ether oxygens (including phenoxy) is 1. The Hall–Kier alpha value is -3.38. The quantitative estimate of drug-likeness (QED) is 0.349. The number of aliphatic hydroxyl groups excluding tert-OH is 1. The van der Waals surface area contributed by atoms with Crippen molar-refractivity contribution < 1.29 is 19.4 Å². The normalized spacial score (nSPS) is 19.7. The van der Waals surface area contributed by atoms with E-state index in [1.54, 1.807) is 11.0 Å². The largest absolute Gasteiger partial charge is 0.507 e. The van der Waals surface area contributed by atoms with Gasteiger partial charge in [0.1, 0.15) is 11.5 Å². The molecule has 1 N–H and O–H groups in total. The minimum atomic E-state index is -0.653. The van der Waals surface area contributed by atoms with Crippen LogP contribution < -0.4 is 4.74 Å². The number of rotatable bonds is 4. The summed E-state index contributed by atoms with van der Waals surface area (Å²) in [6.45, 7) is 2.97. The molecule has 1 unspecified atom stereocenters. The van der Waals surface area contributed by atoms with Crippen molar-refractivity contribution in [2.45, 2.75) is 32.4 Å². The van der Waals surface area contributed by atoms with Crippen LogP contribution in [0.25, 0.3) is 5.76 Å². The van der Waals surface area contributed by atoms with Gasteiger partial charge in [-0.15, -0.1) is 11.3 Å². The van der Waals surface area contributed by atoms with Gasteiger partial charge >= 0.3 is 0 Å². The van der Waals surface area contributed by atoms with Crippen LogP contribution in [0.4, 0.5) is 0 Å². The van der Waals surface area contributed by atoms with E-state index in [0.29, 0.717) is 18.7 Å². The van der Waals surface area contributed by atoms with E-state index in [9.17, 15) is 14.7 Å². The fourth-order valence-corrected chi connectivity index (χ4v) is 5.17. The zero-order valence-electron chi connectivity index (χ0n) is 17.7. The summed E-state index contributed by atoms with van der Waals surface area (Å²) in [5, 5.41) is 13.2. The number of Topliss-reactive ketones (excluding diaryl/α,β-unsaturated/α-hetero) is 1. The van der Waals surface area contributed by atoms with Crippen LogP contribution >= 0.6 is 11.3 Å². The van der Waals surface area contributed by atoms with E-state index in [2.05, 4.69) is 0 Å². The molecule has 5 nitrogen and oxygen atoms in total. The molecule has 0 spiro atoms. The molecule has 1 amide bonds. The van der Waals surface area contributed by atoms with E-state index < -0.39 is 17.7 Å². The number of benzene rings is 2. The number of likely N-dealkylation sites (tertiary alicyclic amines) is 1. The van der Waals surface area contributed by atoms with Gasteiger partial charge in [-0.25, -0.2) is 0 Å². The molecule has 0 bridgehead atoms. The lowest BCUT2D eigenvalue weighted by Crippen LogP contribution is -2.28. The number of thiophene rings is 1. The SMILES string of the molecule is Cc1cccc(C2/C(=C(/O)c3ccc4c(c3)CCCO4)C(=O)C(=O)N2Cc2cccs2)c1. The number of amides is 1. The highest BCUT2D eigenvalue weighted by Crippen LogP contribution is 2.41. The first-order chi connectivity index (χ1) is 15.5. The minimum absolute atomic E-state index is 0.133. The molecule has 5 rings (SSSR count). The molecule has 6 heteroatoms. The molecule has 3 heterocycles. The second-order valence-electron chi connectivity index (χ2n) is 8.20. The lowest BCUT2D eigenvalue weighted by molar-refractivity contribution is -0.140. The van der Waals surface area contributed by atoms with Crippen molar-refractivity contribution in [2.75, 3.05) is 6.61 Å². The third-order valence-electron chi connectivity index (χ3n) is 5.99. The van der Waals surface area contributed by atoms with E-state index in [-0.39, 0.29) is 11.3 Å². The van der Waals surface area contributed by atoms with E-state index in [1.807, 2.05) is 60.8 Å².